The van der Waals surface area contributed by atoms with Crippen LogP contribution < -0.4 is 5.32 Å². The molecule has 0 aliphatic heterocycles. The molecule has 0 radical (unpaired) electrons. The van der Waals surface area contributed by atoms with Crippen LogP contribution in [0.25, 0.3) is 0 Å². The molecular formula is C14H24N2S. The summed E-state index contributed by atoms with van der Waals surface area (Å²) in [5.41, 5.74) is 1.19. The topological polar surface area (TPSA) is 24.9 Å². The Kier molecular flexibility index (Phi) is 4.99. The molecule has 2 nitrogen and oxygen atoms in total. The zero-order valence-corrected chi connectivity index (χ0v) is 11.9. The van der Waals surface area contributed by atoms with Gasteiger partial charge in [-0.15, -0.1) is 11.3 Å². The molecule has 0 unspecified atom stereocenters. The molecule has 0 amide bonds. The highest BCUT2D eigenvalue weighted by atomic mass is 32.1. The van der Waals surface area contributed by atoms with Crippen LogP contribution in [0.2, 0.25) is 0 Å². The van der Waals surface area contributed by atoms with Crippen LogP contribution in [-0.4, -0.2) is 11.5 Å². The monoisotopic (exact) mass is 252 g/mol. The minimum atomic E-state index is 0.948. The normalized spacial score (nSPS) is 16.8. The van der Waals surface area contributed by atoms with Crippen molar-refractivity contribution >= 4 is 11.3 Å². The molecule has 17 heavy (non-hydrogen) atoms. The van der Waals surface area contributed by atoms with Gasteiger partial charge in [-0.05, 0) is 39.2 Å². The third-order valence-electron chi connectivity index (χ3n) is 3.79. The molecule has 1 aromatic rings. The number of aryl methyl sites for hydroxylation is 2. The summed E-state index contributed by atoms with van der Waals surface area (Å²) in [4.78, 5) is 5.90. The lowest BCUT2D eigenvalue weighted by molar-refractivity contribution is 0.470. The van der Waals surface area contributed by atoms with Crippen LogP contribution in [0, 0.1) is 19.8 Å². The quantitative estimate of drug-likeness (QED) is 0.779. The number of hydrogen-bond donors (Lipinski definition) is 1. The van der Waals surface area contributed by atoms with Gasteiger partial charge in [0.15, 0.2) is 0 Å². The van der Waals surface area contributed by atoms with E-state index in [9.17, 15) is 0 Å². The van der Waals surface area contributed by atoms with Gasteiger partial charge >= 0.3 is 0 Å². The Morgan fingerprint density at radius 3 is 2.71 bits per heavy atom. The highest BCUT2D eigenvalue weighted by molar-refractivity contribution is 7.11. The van der Waals surface area contributed by atoms with Gasteiger partial charge in [-0.2, -0.15) is 0 Å². The van der Waals surface area contributed by atoms with E-state index in [2.05, 4.69) is 24.1 Å². The van der Waals surface area contributed by atoms with Gasteiger partial charge in [-0.3, -0.25) is 0 Å². The first-order valence-electron chi connectivity index (χ1n) is 6.89. The molecule has 0 atom stereocenters. The van der Waals surface area contributed by atoms with Crippen molar-refractivity contribution in [2.24, 2.45) is 5.92 Å². The molecule has 96 valence electrons. The fraction of sp³-hybridized carbons (Fsp3) is 0.786. The Morgan fingerprint density at radius 1 is 1.29 bits per heavy atom. The fourth-order valence-electron chi connectivity index (χ4n) is 2.62. The predicted molar refractivity (Wildman–Crippen MR) is 74.5 cm³/mol. The summed E-state index contributed by atoms with van der Waals surface area (Å²) in [6, 6.07) is 0. The van der Waals surface area contributed by atoms with Crippen molar-refractivity contribution in [3.05, 3.63) is 15.6 Å². The van der Waals surface area contributed by atoms with Crippen molar-refractivity contribution in [2.45, 2.75) is 58.9 Å². The Hall–Kier alpha value is -0.410. The van der Waals surface area contributed by atoms with E-state index < -0.39 is 0 Å². The van der Waals surface area contributed by atoms with E-state index in [1.54, 1.807) is 0 Å². The van der Waals surface area contributed by atoms with Gasteiger partial charge < -0.3 is 5.32 Å². The maximum Gasteiger partial charge on any atom is 0.107 e. The summed E-state index contributed by atoms with van der Waals surface area (Å²) < 4.78 is 0. The number of nitrogens with zero attached hydrogens (tertiary/aromatic N) is 1. The molecule has 1 N–H and O–H groups in total. The van der Waals surface area contributed by atoms with Crippen LogP contribution in [0.1, 0.15) is 54.1 Å². The lowest BCUT2D eigenvalue weighted by Crippen LogP contribution is -2.15. The highest BCUT2D eigenvalue weighted by Gasteiger charge is 2.13. The van der Waals surface area contributed by atoms with E-state index in [1.807, 2.05) is 11.3 Å². The molecule has 1 aliphatic rings. The first kappa shape index (κ1) is 13.0. The van der Waals surface area contributed by atoms with Crippen molar-refractivity contribution in [3.8, 4) is 0 Å². The maximum atomic E-state index is 4.54. The Balaban J connectivity index is 1.56. The lowest BCUT2D eigenvalue weighted by Gasteiger charge is -2.08. The van der Waals surface area contributed by atoms with Crippen molar-refractivity contribution in [3.63, 3.8) is 0 Å². The number of thiazole rings is 1. The molecule has 1 aromatic heterocycles. The van der Waals surface area contributed by atoms with Crippen LogP contribution in [0.15, 0.2) is 0 Å². The second-order valence-electron chi connectivity index (χ2n) is 5.22. The van der Waals surface area contributed by atoms with E-state index in [-0.39, 0.29) is 0 Å². The average molecular weight is 252 g/mol. The van der Waals surface area contributed by atoms with Crippen molar-refractivity contribution in [1.82, 2.24) is 10.3 Å². The fourth-order valence-corrected chi connectivity index (χ4v) is 3.53. The number of nitrogens with one attached hydrogen (secondary N) is 1. The summed E-state index contributed by atoms with van der Waals surface area (Å²) in [6.45, 7) is 6.34. The zero-order valence-electron chi connectivity index (χ0n) is 11.1. The zero-order chi connectivity index (χ0) is 12.1. The van der Waals surface area contributed by atoms with Gasteiger partial charge in [0, 0.05) is 11.4 Å². The second kappa shape index (κ2) is 6.50. The largest absolute Gasteiger partial charge is 0.310 e. The van der Waals surface area contributed by atoms with E-state index in [4.69, 9.17) is 0 Å². The Morgan fingerprint density at radius 2 is 2.06 bits per heavy atom. The molecule has 1 saturated carbocycles. The van der Waals surface area contributed by atoms with E-state index in [0.29, 0.717) is 0 Å². The number of aromatic nitrogens is 1. The molecule has 1 fully saturated rings. The smallest absolute Gasteiger partial charge is 0.107 e. The molecule has 3 heteroatoms. The van der Waals surface area contributed by atoms with Gasteiger partial charge in [0.05, 0.1) is 5.69 Å². The molecule has 0 spiro atoms. The molecule has 1 aliphatic carbocycles. The Labute approximate surface area is 109 Å². The maximum absolute atomic E-state index is 4.54. The van der Waals surface area contributed by atoms with Gasteiger partial charge in [-0.1, -0.05) is 25.7 Å². The minimum absolute atomic E-state index is 0.948. The van der Waals surface area contributed by atoms with Crippen molar-refractivity contribution in [2.75, 3.05) is 6.54 Å². The van der Waals surface area contributed by atoms with Crippen LogP contribution in [0.3, 0.4) is 0 Å². The first-order chi connectivity index (χ1) is 8.25. The highest BCUT2D eigenvalue weighted by Crippen LogP contribution is 2.28. The average Bonchev–Trinajstić information content (AvgIpc) is 2.90. The van der Waals surface area contributed by atoms with Gasteiger partial charge in [-0.25, -0.2) is 4.98 Å². The lowest BCUT2D eigenvalue weighted by atomic mass is 10.0. The first-order valence-corrected chi connectivity index (χ1v) is 7.71. The van der Waals surface area contributed by atoms with Crippen molar-refractivity contribution in [1.29, 1.82) is 0 Å². The van der Waals surface area contributed by atoms with Gasteiger partial charge in [0.1, 0.15) is 5.01 Å². The SMILES string of the molecule is Cc1nc(CNCCCC2CCCC2)sc1C. The summed E-state index contributed by atoms with van der Waals surface area (Å²) >= 11 is 1.82. The molecule has 2 rings (SSSR count). The summed E-state index contributed by atoms with van der Waals surface area (Å²) in [5.74, 6) is 1.03. The van der Waals surface area contributed by atoms with Crippen LogP contribution in [-0.2, 0) is 6.54 Å². The third-order valence-corrected chi connectivity index (χ3v) is 4.86. The second-order valence-corrected chi connectivity index (χ2v) is 6.51. The molecular weight excluding hydrogens is 228 g/mol. The number of rotatable bonds is 6. The van der Waals surface area contributed by atoms with E-state index in [0.717, 1.165) is 19.0 Å². The van der Waals surface area contributed by atoms with Crippen LogP contribution in [0.4, 0.5) is 0 Å². The molecule has 0 aromatic carbocycles. The van der Waals surface area contributed by atoms with E-state index >= 15 is 0 Å². The molecule has 0 bridgehead atoms. The number of hydrogen-bond acceptors (Lipinski definition) is 3. The van der Waals surface area contributed by atoms with Crippen LogP contribution in [0.5, 0.6) is 0 Å². The van der Waals surface area contributed by atoms with Gasteiger partial charge in [0.25, 0.3) is 0 Å². The molecule has 1 heterocycles. The van der Waals surface area contributed by atoms with Crippen LogP contribution >= 0.6 is 11.3 Å². The summed E-state index contributed by atoms with van der Waals surface area (Å²) in [7, 11) is 0. The minimum Gasteiger partial charge on any atom is -0.310 e. The summed E-state index contributed by atoms with van der Waals surface area (Å²) in [6.07, 6.45) is 8.64. The Bertz CT molecular complexity index is 320. The summed E-state index contributed by atoms with van der Waals surface area (Å²) in [5, 5.41) is 4.75. The van der Waals surface area contributed by atoms with Crippen molar-refractivity contribution < 1.29 is 0 Å². The van der Waals surface area contributed by atoms with Gasteiger partial charge in [0.2, 0.25) is 0 Å². The third kappa shape index (κ3) is 4.07. The standard InChI is InChI=1S/C14H24N2S/c1-11-12(2)17-14(16-11)10-15-9-5-8-13-6-3-4-7-13/h13,15H,3-10H2,1-2H3. The molecule has 0 saturated heterocycles. The predicted octanol–water partition coefficient (Wildman–Crippen LogP) is 3.82. The van der Waals surface area contributed by atoms with E-state index in [1.165, 1.54) is 54.1 Å².